The minimum atomic E-state index is -1.20. The molecule has 2 fully saturated rings. The summed E-state index contributed by atoms with van der Waals surface area (Å²) in [7, 11) is 3.02. The third-order valence-corrected chi connectivity index (χ3v) is 5.94. The van der Waals surface area contributed by atoms with Gasteiger partial charge in [-0.25, -0.2) is 9.59 Å². The molecule has 1 aromatic rings. The lowest BCUT2D eigenvalue weighted by molar-refractivity contribution is -0.136. The number of aromatic nitrogens is 1. The number of imide groups is 1. The van der Waals surface area contributed by atoms with E-state index in [1.54, 1.807) is 7.05 Å². The van der Waals surface area contributed by atoms with Crippen molar-refractivity contribution in [1.82, 2.24) is 14.4 Å². The fourth-order valence-electron chi connectivity index (χ4n) is 4.48. The van der Waals surface area contributed by atoms with Gasteiger partial charge in [-0.05, 0) is 17.9 Å². The number of likely N-dealkylation sites (tertiary alicyclic amines) is 1. The molecule has 0 aliphatic carbocycles. The number of anilines is 1. The number of aryl methyl sites for hydroxylation is 1. The van der Waals surface area contributed by atoms with Crippen molar-refractivity contribution >= 4 is 23.7 Å². The van der Waals surface area contributed by atoms with E-state index in [2.05, 4.69) is 0 Å². The number of hydrogen-bond acceptors (Lipinski definition) is 4. The predicted octanol–water partition coefficient (Wildman–Crippen LogP) is 1.57. The maximum absolute atomic E-state index is 13.4. The third kappa shape index (κ3) is 2.76. The van der Waals surface area contributed by atoms with Crippen molar-refractivity contribution < 1.29 is 19.5 Å². The zero-order valence-corrected chi connectivity index (χ0v) is 16.8. The first-order valence-corrected chi connectivity index (χ1v) is 9.18. The van der Waals surface area contributed by atoms with Gasteiger partial charge in [0.15, 0.2) is 0 Å². The van der Waals surface area contributed by atoms with Crippen LogP contribution in [0.3, 0.4) is 0 Å². The van der Waals surface area contributed by atoms with Crippen molar-refractivity contribution in [1.29, 1.82) is 0 Å². The molecule has 0 saturated carbocycles. The van der Waals surface area contributed by atoms with E-state index in [-0.39, 0.29) is 31.0 Å². The molecule has 1 N–H and O–H groups in total. The molecular weight excluding hydrogens is 364 g/mol. The van der Waals surface area contributed by atoms with Crippen LogP contribution in [0.4, 0.5) is 15.3 Å². The van der Waals surface area contributed by atoms with Crippen LogP contribution >= 0.6 is 0 Å². The Bertz CT molecular complexity index is 902. The Morgan fingerprint density at radius 1 is 1.18 bits per heavy atom. The van der Waals surface area contributed by atoms with Gasteiger partial charge in [-0.2, -0.15) is 0 Å². The molecule has 4 amide bonds. The number of carbonyl (C=O) groups is 3. The Labute approximate surface area is 163 Å². The van der Waals surface area contributed by atoms with Gasteiger partial charge in [0.2, 0.25) is 5.56 Å². The number of hydrogen-bond donors (Lipinski definition) is 1. The zero-order chi connectivity index (χ0) is 21.0. The van der Waals surface area contributed by atoms with Gasteiger partial charge >= 0.3 is 12.1 Å². The highest BCUT2D eigenvalue weighted by atomic mass is 16.4. The molecule has 3 heterocycles. The fourth-order valence-corrected chi connectivity index (χ4v) is 4.48. The van der Waals surface area contributed by atoms with E-state index < -0.39 is 29.0 Å². The van der Waals surface area contributed by atoms with Crippen LogP contribution in [0.15, 0.2) is 23.1 Å². The van der Waals surface area contributed by atoms with Crippen LogP contribution < -0.4 is 10.5 Å². The minimum Gasteiger partial charge on any atom is -0.465 e. The maximum Gasteiger partial charge on any atom is 0.407 e. The summed E-state index contributed by atoms with van der Waals surface area (Å²) in [4.78, 5) is 53.7. The molecule has 152 valence electrons. The van der Waals surface area contributed by atoms with E-state index >= 15 is 0 Å². The standard InChI is InChI=1S/C19H26N4O5/c1-18(2,3)13-11-22(17(27)28)9-8-19(13)15(25)21(5)16(26)23(19)12-6-7-14(24)20(4)10-12/h6-7,10,13H,8-9,11H2,1-5H3,(H,27,28). The number of carbonyl (C=O) groups excluding carboxylic acids is 2. The molecule has 2 atom stereocenters. The molecule has 1 spiro atoms. The van der Waals surface area contributed by atoms with Gasteiger partial charge < -0.3 is 14.6 Å². The number of urea groups is 1. The van der Waals surface area contributed by atoms with Crippen LogP contribution in [0.2, 0.25) is 0 Å². The largest absolute Gasteiger partial charge is 0.465 e. The number of pyridine rings is 1. The summed E-state index contributed by atoms with van der Waals surface area (Å²) >= 11 is 0. The lowest BCUT2D eigenvalue weighted by Gasteiger charge is -2.51. The van der Waals surface area contributed by atoms with Crippen LogP contribution in [-0.2, 0) is 11.8 Å². The maximum atomic E-state index is 13.4. The highest BCUT2D eigenvalue weighted by molar-refractivity contribution is 6.17. The molecule has 2 saturated heterocycles. The highest BCUT2D eigenvalue weighted by Gasteiger charge is 2.64. The second kappa shape index (κ2) is 6.35. The van der Waals surface area contributed by atoms with E-state index in [1.807, 2.05) is 20.8 Å². The molecular formula is C19H26N4O5. The van der Waals surface area contributed by atoms with E-state index in [4.69, 9.17) is 0 Å². The summed E-state index contributed by atoms with van der Waals surface area (Å²) < 4.78 is 1.36. The molecule has 0 bridgehead atoms. The van der Waals surface area contributed by atoms with Gasteiger partial charge in [-0.15, -0.1) is 0 Å². The monoisotopic (exact) mass is 390 g/mol. The number of piperidine rings is 1. The van der Waals surface area contributed by atoms with Gasteiger partial charge in [-0.1, -0.05) is 20.8 Å². The molecule has 3 rings (SSSR count). The van der Waals surface area contributed by atoms with Crippen LogP contribution in [-0.4, -0.2) is 63.2 Å². The van der Waals surface area contributed by atoms with Crippen LogP contribution in [0.5, 0.6) is 0 Å². The van der Waals surface area contributed by atoms with E-state index in [1.165, 1.54) is 39.7 Å². The molecule has 2 unspecified atom stereocenters. The number of rotatable bonds is 1. The number of amides is 4. The number of nitrogens with zero attached hydrogens (tertiary/aromatic N) is 4. The Morgan fingerprint density at radius 3 is 2.36 bits per heavy atom. The quantitative estimate of drug-likeness (QED) is 0.733. The van der Waals surface area contributed by atoms with Crippen LogP contribution in [0, 0.1) is 11.3 Å². The summed E-state index contributed by atoms with van der Waals surface area (Å²) in [5.41, 5.74) is -1.43. The molecule has 2 aliphatic rings. The second-order valence-corrected chi connectivity index (χ2v) is 8.64. The lowest BCUT2D eigenvalue weighted by atomic mass is 9.64. The van der Waals surface area contributed by atoms with Crippen molar-refractivity contribution in [3.05, 3.63) is 28.7 Å². The average molecular weight is 390 g/mol. The van der Waals surface area contributed by atoms with Crippen LogP contribution in [0.1, 0.15) is 27.2 Å². The van der Waals surface area contributed by atoms with Gasteiger partial charge in [-0.3, -0.25) is 19.4 Å². The van der Waals surface area contributed by atoms with Gasteiger partial charge in [0.25, 0.3) is 5.91 Å². The van der Waals surface area contributed by atoms with Gasteiger partial charge in [0.05, 0.1) is 5.69 Å². The van der Waals surface area contributed by atoms with E-state index in [0.29, 0.717) is 5.69 Å². The summed E-state index contributed by atoms with van der Waals surface area (Å²) in [5, 5.41) is 9.48. The summed E-state index contributed by atoms with van der Waals surface area (Å²) in [6.07, 6.45) is 0.694. The lowest BCUT2D eigenvalue weighted by Crippen LogP contribution is -2.66. The average Bonchev–Trinajstić information content (AvgIpc) is 2.78. The SMILES string of the molecule is CN1C(=O)N(c2ccc(=O)n(C)c2)C2(CCN(C(=O)O)CC2C(C)(C)C)C1=O. The summed E-state index contributed by atoms with van der Waals surface area (Å²) in [6.45, 7) is 6.13. The second-order valence-electron chi connectivity index (χ2n) is 8.64. The van der Waals surface area contributed by atoms with Crippen molar-refractivity contribution in [2.45, 2.75) is 32.7 Å². The Balaban J connectivity index is 2.21. The van der Waals surface area contributed by atoms with Gasteiger partial charge in [0.1, 0.15) is 5.54 Å². The van der Waals surface area contributed by atoms with E-state index in [9.17, 15) is 24.3 Å². The topological polar surface area (TPSA) is 103 Å². The Hall–Kier alpha value is -2.84. The minimum absolute atomic E-state index is 0.147. The summed E-state index contributed by atoms with van der Waals surface area (Å²) in [6, 6.07) is 2.43. The Kier molecular flexibility index (Phi) is 4.52. The molecule has 9 nitrogen and oxygen atoms in total. The van der Waals surface area contributed by atoms with Gasteiger partial charge in [0, 0.05) is 45.4 Å². The van der Waals surface area contributed by atoms with Crippen molar-refractivity contribution in [2.24, 2.45) is 18.4 Å². The van der Waals surface area contributed by atoms with Crippen molar-refractivity contribution in [3.63, 3.8) is 0 Å². The first-order chi connectivity index (χ1) is 12.9. The molecule has 0 aromatic carbocycles. The number of likely N-dealkylation sites (N-methyl/N-ethyl adjacent to an activating group) is 1. The molecule has 28 heavy (non-hydrogen) atoms. The molecule has 9 heteroatoms. The highest BCUT2D eigenvalue weighted by Crippen LogP contribution is 2.49. The van der Waals surface area contributed by atoms with E-state index in [0.717, 1.165) is 4.90 Å². The third-order valence-electron chi connectivity index (χ3n) is 5.94. The predicted molar refractivity (Wildman–Crippen MR) is 102 cm³/mol. The molecule has 2 aliphatic heterocycles. The number of carboxylic acid groups (broad SMARTS) is 1. The zero-order valence-electron chi connectivity index (χ0n) is 16.8. The van der Waals surface area contributed by atoms with Crippen molar-refractivity contribution in [3.8, 4) is 0 Å². The first kappa shape index (κ1) is 19.9. The van der Waals surface area contributed by atoms with Crippen molar-refractivity contribution in [2.75, 3.05) is 25.0 Å². The van der Waals surface area contributed by atoms with Crippen LogP contribution in [0.25, 0.3) is 0 Å². The molecule has 0 radical (unpaired) electrons. The Morgan fingerprint density at radius 2 is 1.82 bits per heavy atom. The summed E-state index contributed by atoms with van der Waals surface area (Å²) in [5.74, 6) is -0.764. The smallest absolute Gasteiger partial charge is 0.407 e. The fraction of sp³-hybridized carbons (Fsp3) is 0.579. The molecule has 1 aromatic heterocycles. The normalized spacial score (nSPS) is 25.8. The first-order valence-electron chi connectivity index (χ1n) is 9.18.